The van der Waals surface area contributed by atoms with Crippen molar-refractivity contribution in [3.8, 4) is 5.75 Å². The van der Waals surface area contributed by atoms with Crippen molar-refractivity contribution < 1.29 is 13.9 Å². The SMILES string of the molecule is Cc1cc2c(cc(C(=O)NCC(C)C)n2CCOc2ccccc2)o1. The van der Waals surface area contributed by atoms with Gasteiger partial charge in [-0.25, -0.2) is 0 Å². The highest BCUT2D eigenvalue weighted by molar-refractivity contribution is 5.97. The van der Waals surface area contributed by atoms with Crippen molar-refractivity contribution >= 4 is 17.0 Å². The Morgan fingerprint density at radius 2 is 2.00 bits per heavy atom. The molecular weight excluding hydrogens is 316 g/mol. The molecule has 0 aliphatic rings. The van der Waals surface area contributed by atoms with Crippen LogP contribution in [0.3, 0.4) is 0 Å². The van der Waals surface area contributed by atoms with E-state index in [1.165, 1.54) is 0 Å². The van der Waals surface area contributed by atoms with Gasteiger partial charge in [0.1, 0.15) is 23.8 Å². The largest absolute Gasteiger partial charge is 0.492 e. The molecule has 3 rings (SSSR count). The van der Waals surface area contributed by atoms with E-state index in [4.69, 9.17) is 9.15 Å². The van der Waals surface area contributed by atoms with Crippen LogP contribution in [0.5, 0.6) is 5.75 Å². The number of carbonyl (C=O) groups excluding carboxylic acids is 1. The first-order chi connectivity index (χ1) is 12.0. The van der Waals surface area contributed by atoms with Crippen molar-refractivity contribution in [1.29, 1.82) is 0 Å². The van der Waals surface area contributed by atoms with Crippen LogP contribution in [0.1, 0.15) is 30.1 Å². The van der Waals surface area contributed by atoms with Crippen molar-refractivity contribution in [2.45, 2.75) is 27.3 Å². The molecule has 0 bridgehead atoms. The zero-order chi connectivity index (χ0) is 17.8. The molecule has 5 heteroatoms. The normalized spacial score (nSPS) is 11.2. The summed E-state index contributed by atoms with van der Waals surface area (Å²) in [5, 5.41) is 2.97. The number of amides is 1. The lowest BCUT2D eigenvalue weighted by molar-refractivity contribution is 0.0939. The highest BCUT2D eigenvalue weighted by atomic mass is 16.5. The number of benzene rings is 1. The quantitative estimate of drug-likeness (QED) is 0.707. The first-order valence-electron chi connectivity index (χ1n) is 8.60. The number of rotatable bonds is 7. The predicted molar refractivity (Wildman–Crippen MR) is 98.0 cm³/mol. The Labute approximate surface area is 147 Å². The number of furan rings is 1. The molecule has 0 aliphatic heterocycles. The summed E-state index contributed by atoms with van der Waals surface area (Å²) in [6.07, 6.45) is 0. The van der Waals surface area contributed by atoms with Crippen molar-refractivity contribution in [3.05, 3.63) is 53.9 Å². The van der Waals surface area contributed by atoms with Crippen LogP contribution in [-0.2, 0) is 6.54 Å². The molecular formula is C20H24N2O3. The van der Waals surface area contributed by atoms with E-state index in [2.05, 4.69) is 19.2 Å². The van der Waals surface area contributed by atoms with Crippen LogP contribution in [-0.4, -0.2) is 23.6 Å². The van der Waals surface area contributed by atoms with Gasteiger partial charge in [-0.2, -0.15) is 0 Å². The molecule has 1 aromatic carbocycles. The number of hydrogen-bond donors (Lipinski definition) is 1. The number of aryl methyl sites for hydroxylation is 1. The van der Waals surface area contributed by atoms with Gasteiger partial charge in [-0.1, -0.05) is 32.0 Å². The highest BCUT2D eigenvalue weighted by Crippen LogP contribution is 2.24. The number of para-hydroxylation sites is 1. The second-order valence-corrected chi connectivity index (χ2v) is 6.55. The molecule has 0 aliphatic carbocycles. The van der Waals surface area contributed by atoms with Gasteiger partial charge in [0.05, 0.1) is 12.1 Å². The van der Waals surface area contributed by atoms with E-state index >= 15 is 0 Å². The number of hydrogen-bond acceptors (Lipinski definition) is 3. The first kappa shape index (κ1) is 17.1. The third kappa shape index (κ3) is 4.05. The summed E-state index contributed by atoms with van der Waals surface area (Å²) in [5.74, 6) is 1.97. The second kappa shape index (κ2) is 7.47. The van der Waals surface area contributed by atoms with Crippen molar-refractivity contribution in [2.24, 2.45) is 5.92 Å². The molecule has 2 heterocycles. The lowest BCUT2D eigenvalue weighted by Crippen LogP contribution is -2.29. The Kier molecular flexibility index (Phi) is 5.12. The Morgan fingerprint density at radius 3 is 2.72 bits per heavy atom. The van der Waals surface area contributed by atoms with Gasteiger partial charge in [0.2, 0.25) is 0 Å². The maximum Gasteiger partial charge on any atom is 0.268 e. The minimum Gasteiger partial charge on any atom is -0.492 e. The van der Waals surface area contributed by atoms with Gasteiger partial charge < -0.3 is 19.0 Å². The van der Waals surface area contributed by atoms with Crippen LogP contribution in [0, 0.1) is 12.8 Å². The Hall–Kier alpha value is -2.69. The molecule has 0 fully saturated rings. The molecule has 0 saturated heterocycles. The van der Waals surface area contributed by atoms with Gasteiger partial charge in [-0.05, 0) is 25.0 Å². The zero-order valence-corrected chi connectivity index (χ0v) is 14.9. The second-order valence-electron chi connectivity index (χ2n) is 6.55. The average Bonchev–Trinajstić information content (AvgIpc) is 3.10. The van der Waals surface area contributed by atoms with Crippen molar-refractivity contribution in [3.63, 3.8) is 0 Å². The number of aromatic nitrogens is 1. The Bertz CT molecular complexity index is 847. The van der Waals surface area contributed by atoms with E-state index in [1.807, 2.05) is 47.9 Å². The summed E-state index contributed by atoms with van der Waals surface area (Å²) in [6.45, 7) is 7.74. The van der Waals surface area contributed by atoms with Gasteiger partial charge in [0.25, 0.3) is 5.91 Å². The minimum absolute atomic E-state index is 0.0857. The van der Waals surface area contributed by atoms with Gasteiger partial charge in [0.15, 0.2) is 5.58 Å². The highest BCUT2D eigenvalue weighted by Gasteiger charge is 2.18. The molecule has 1 amide bonds. The predicted octanol–water partition coefficient (Wildman–Crippen LogP) is 4.01. The molecule has 2 aromatic heterocycles. The van der Waals surface area contributed by atoms with Gasteiger partial charge in [-0.15, -0.1) is 0 Å². The Balaban J connectivity index is 1.78. The molecule has 0 atom stereocenters. The monoisotopic (exact) mass is 340 g/mol. The summed E-state index contributed by atoms with van der Waals surface area (Å²) in [4.78, 5) is 12.5. The molecule has 0 saturated carbocycles. The number of fused-ring (bicyclic) bond motifs is 1. The van der Waals surface area contributed by atoms with Gasteiger partial charge in [-0.3, -0.25) is 4.79 Å². The third-order valence-corrected chi connectivity index (χ3v) is 3.94. The van der Waals surface area contributed by atoms with E-state index in [-0.39, 0.29) is 5.91 Å². The maximum absolute atomic E-state index is 12.5. The fourth-order valence-corrected chi connectivity index (χ4v) is 2.75. The van der Waals surface area contributed by atoms with Crippen LogP contribution in [0.2, 0.25) is 0 Å². The summed E-state index contributed by atoms with van der Waals surface area (Å²) < 4.78 is 13.4. The smallest absolute Gasteiger partial charge is 0.268 e. The molecule has 3 aromatic rings. The lowest BCUT2D eigenvalue weighted by Gasteiger charge is -2.12. The minimum atomic E-state index is -0.0857. The summed E-state index contributed by atoms with van der Waals surface area (Å²) >= 11 is 0. The Morgan fingerprint density at radius 1 is 1.24 bits per heavy atom. The summed E-state index contributed by atoms with van der Waals surface area (Å²) in [6, 6.07) is 13.4. The molecule has 0 unspecified atom stereocenters. The van der Waals surface area contributed by atoms with Crippen LogP contribution in [0.25, 0.3) is 11.1 Å². The van der Waals surface area contributed by atoms with Crippen molar-refractivity contribution in [1.82, 2.24) is 9.88 Å². The van der Waals surface area contributed by atoms with E-state index < -0.39 is 0 Å². The fourth-order valence-electron chi connectivity index (χ4n) is 2.75. The third-order valence-electron chi connectivity index (χ3n) is 3.94. The molecule has 0 radical (unpaired) electrons. The van der Waals surface area contributed by atoms with Crippen molar-refractivity contribution in [2.75, 3.05) is 13.2 Å². The van der Waals surface area contributed by atoms with E-state index in [1.54, 1.807) is 6.07 Å². The average molecular weight is 340 g/mol. The van der Waals surface area contributed by atoms with Gasteiger partial charge >= 0.3 is 0 Å². The molecule has 5 nitrogen and oxygen atoms in total. The molecule has 25 heavy (non-hydrogen) atoms. The standard InChI is InChI=1S/C20H24N2O3/c1-14(2)13-21-20(23)18-12-19-17(11-15(3)25-19)22(18)9-10-24-16-7-5-4-6-8-16/h4-8,11-12,14H,9-10,13H2,1-3H3,(H,21,23). The lowest BCUT2D eigenvalue weighted by atomic mass is 10.2. The summed E-state index contributed by atoms with van der Waals surface area (Å²) in [5.41, 5.74) is 2.25. The number of nitrogens with one attached hydrogen (secondary N) is 1. The van der Waals surface area contributed by atoms with Crippen LogP contribution >= 0.6 is 0 Å². The van der Waals surface area contributed by atoms with Crippen LogP contribution in [0.15, 0.2) is 46.9 Å². The van der Waals surface area contributed by atoms with Gasteiger partial charge in [0, 0.05) is 18.7 Å². The zero-order valence-electron chi connectivity index (χ0n) is 14.9. The number of nitrogens with zero attached hydrogens (tertiary/aromatic N) is 1. The fraction of sp³-hybridized carbons (Fsp3) is 0.350. The number of ether oxygens (including phenoxy) is 1. The molecule has 1 N–H and O–H groups in total. The first-order valence-corrected chi connectivity index (χ1v) is 8.60. The molecule has 0 spiro atoms. The topological polar surface area (TPSA) is 56.4 Å². The number of carbonyl (C=O) groups is 1. The maximum atomic E-state index is 12.5. The van der Waals surface area contributed by atoms with E-state index in [9.17, 15) is 4.79 Å². The van der Waals surface area contributed by atoms with Crippen LogP contribution < -0.4 is 10.1 Å². The van der Waals surface area contributed by atoms with Crippen LogP contribution in [0.4, 0.5) is 0 Å². The summed E-state index contributed by atoms with van der Waals surface area (Å²) in [7, 11) is 0. The van der Waals surface area contributed by atoms with E-state index in [0.29, 0.717) is 31.3 Å². The van der Waals surface area contributed by atoms with E-state index in [0.717, 1.165) is 22.6 Å². The molecule has 132 valence electrons.